The first kappa shape index (κ1) is 15.5. The summed E-state index contributed by atoms with van der Waals surface area (Å²) in [5.41, 5.74) is 7.41. The Morgan fingerprint density at radius 3 is 2.30 bits per heavy atom. The van der Waals surface area contributed by atoms with Crippen molar-refractivity contribution >= 4 is 10.0 Å². The summed E-state index contributed by atoms with van der Waals surface area (Å²) in [7, 11) is -3.21. The molecule has 1 aromatic rings. The lowest BCUT2D eigenvalue weighted by molar-refractivity contribution is 0.395. The van der Waals surface area contributed by atoms with Gasteiger partial charge in [0.05, 0.1) is 5.75 Å². The minimum Gasteiger partial charge on any atom is -0.326 e. The van der Waals surface area contributed by atoms with E-state index in [4.69, 9.17) is 5.73 Å². The summed E-state index contributed by atoms with van der Waals surface area (Å²) < 4.78 is 26.7. The lowest BCUT2D eigenvalue weighted by atomic mass is 10.1. The average molecular weight is 296 g/mol. The zero-order valence-corrected chi connectivity index (χ0v) is 12.9. The third-order valence-corrected chi connectivity index (χ3v) is 5.45. The molecule has 4 nitrogen and oxygen atoms in total. The van der Waals surface area contributed by atoms with Crippen LogP contribution in [0.25, 0.3) is 0 Å². The summed E-state index contributed by atoms with van der Waals surface area (Å²) in [5.74, 6) is 0.667. The Hall–Kier alpha value is -0.910. The molecule has 0 spiro atoms. The molecule has 1 saturated carbocycles. The van der Waals surface area contributed by atoms with Gasteiger partial charge in [-0.25, -0.2) is 12.7 Å². The molecule has 2 rings (SSSR count). The highest BCUT2D eigenvalue weighted by atomic mass is 32.2. The van der Waals surface area contributed by atoms with Gasteiger partial charge < -0.3 is 5.73 Å². The largest absolute Gasteiger partial charge is 0.326 e. The molecule has 1 aliphatic carbocycles. The molecule has 2 N–H and O–H groups in total. The van der Waals surface area contributed by atoms with Gasteiger partial charge in [0.25, 0.3) is 0 Å². The van der Waals surface area contributed by atoms with Gasteiger partial charge in [0.2, 0.25) is 10.0 Å². The Bertz CT molecular complexity index is 521. The molecule has 112 valence electrons. The number of nitrogens with two attached hydrogens (primary N) is 1. The Morgan fingerprint density at radius 1 is 1.20 bits per heavy atom. The van der Waals surface area contributed by atoms with Crippen LogP contribution in [0.1, 0.15) is 37.3 Å². The lowest BCUT2D eigenvalue weighted by Gasteiger charge is -2.21. The Labute approximate surface area is 122 Å². The molecule has 0 amide bonds. The maximum absolute atomic E-state index is 12.5. The Balaban J connectivity index is 2.06. The topological polar surface area (TPSA) is 63.4 Å². The van der Waals surface area contributed by atoms with Crippen molar-refractivity contribution in [1.29, 1.82) is 0 Å². The lowest BCUT2D eigenvalue weighted by Crippen LogP contribution is -2.34. The van der Waals surface area contributed by atoms with Crippen molar-refractivity contribution in [2.75, 3.05) is 13.1 Å². The van der Waals surface area contributed by atoms with E-state index in [1.54, 1.807) is 4.31 Å². The number of benzene rings is 1. The molecule has 0 atom stereocenters. The minimum absolute atomic E-state index is 0.0879. The van der Waals surface area contributed by atoms with Gasteiger partial charge in [-0.05, 0) is 36.3 Å². The van der Waals surface area contributed by atoms with E-state index in [0.29, 0.717) is 25.6 Å². The second kappa shape index (κ2) is 6.70. The molecule has 1 fully saturated rings. The van der Waals surface area contributed by atoms with Crippen LogP contribution in [-0.4, -0.2) is 25.8 Å². The normalized spacial score (nSPS) is 15.8. The van der Waals surface area contributed by atoms with Gasteiger partial charge >= 0.3 is 0 Å². The number of nitrogens with zero attached hydrogens (tertiary/aromatic N) is 1. The second-order valence-corrected chi connectivity index (χ2v) is 7.55. The zero-order valence-electron chi connectivity index (χ0n) is 12.1. The van der Waals surface area contributed by atoms with Crippen LogP contribution in [0.15, 0.2) is 24.3 Å². The first-order valence-corrected chi connectivity index (χ1v) is 8.91. The van der Waals surface area contributed by atoms with Crippen LogP contribution in [0.4, 0.5) is 0 Å². The van der Waals surface area contributed by atoms with Gasteiger partial charge in [-0.15, -0.1) is 0 Å². The highest BCUT2D eigenvalue weighted by Gasteiger charge is 2.30. The third kappa shape index (κ3) is 4.30. The number of hydrogen-bond acceptors (Lipinski definition) is 3. The van der Waals surface area contributed by atoms with Gasteiger partial charge in [0, 0.05) is 19.6 Å². The predicted molar refractivity (Wildman–Crippen MR) is 81.5 cm³/mol. The molecule has 0 aliphatic heterocycles. The SMILES string of the molecule is CCCN(CC1CC1)S(=O)(=O)Cc1ccc(CN)cc1. The third-order valence-electron chi connectivity index (χ3n) is 3.63. The average Bonchev–Trinajstić information content (AvgIpc) is 3.23. The summed E-state index contributed by atoms with van der Waals surface area (Å²) in [6, 6.07) is 7.52. The number of rotatable bonds is 8. The highest BCUT2D eigenvalue weighted by molar-refractivity contribution is 7.88. The van der Waals surface area contributed by atoms with Crippen molar-refractivity contribution in [3.63, 3.8) is 0 Å². The summed E-state index contributed by atoms with van der Waals surface area (Å²) in [5, 5.41) is 0. The van der Waals surface area contributed by atoms with E-state index in [1.165, 1.54) is 12.8 Å². The molecule has 5 heteroatoms. The van der Waals surface area contributed by atoms with E-state index < -0.39 is 10.0 Å². The fourth-order valence-corrected chi connectivity index (χ4v) is 3.95. The number of hydrogen-bond donors (Lipinski definition) is 1. The van der Waals surface area contributed by atoms with Crippen LogP contribution in [0, 0.1) is 5.92 Å². The van der Waals surface area contributed by atoms with E-state index in [1.807, 2.05) is 31.2 Å². The van der Waals surface area contributed by atoms with E-state index in [0.717, 1.165) is 17.5 Å². The van der Waals surface area contributed by atoms with Crippen molar-refractivity contribution in [3.05, 3.63) is 35.4 Å². The van der Waals surface area contributed by atoms with E-state index in [-0.39, 0.29) is 5.75 Å². The summed E-state index contributed by atoms with van der Waals surface area (Å²) in [4.78, 5) is 0. The van der Waals surface area contributed by atoms with Crippen molar-refractivity contribution < 1.29 is 8.42 Å². The van der Waals surface area contributed by atoms with Crippen LogP contribution in [-0.2, 0) is 22.3 Å². The van der Waals surface area contributed by atoms with Crippen LogP contribution in [0.3, 0.4) is 0 Å². The highest BCUT2D eigenvalue weighted by Crippen LogP contribution is 2.31. The minimum atomic E-state index is -3.21. The molecule has 0 heterocycles. The monoisotopic (exact) mass is 296 g/mol. The van der Waals surface area contributed by atoms with Gasteiger partial charge in [0.15, 0.2) is 0 Å². The van der Waals surface area contributed by atoms with Crippen molar-refractivity contribution in [3.8, 4) is 0 Å². The van der Waals surface area contributed by atoms with Crippen LogP contribution >= 0.6 is 0 Å². The van der Waals surface area contributed by atoms with Gasteiger partial charge in [-0.3, -0.25) is 0 Å². The molecule has 0 aromatic heterocycles. The molecule has 20 heavy (non-hydrogen) atoms. The van der Waals surface area contributed by atoms with Crippen LogP contribution < -0.4 is 5.73 Å². The maximum atomic E-state index is 12.5. The van der Waals surface area contributed by atoms with Gasteiger partial charge in [0.1, 0.15) is 0 Å². The van der Waals surface area contributed by atoms with Gasteiger partial charge in [-0.2, -0.15) is 0 Å². The fourth-order valence-electron chi connectivity index (χ4n) is 2.26. The number of sulfonamides is 1. The molecule has 0 bridgehead atoms. The first-order valence-electron chi connectivity index (χ1n) is 7.31. The van der Waals surface area contributed by atoms with E-state index >= 15 is 0 Å². The standard InChI is InChI=1S/C15H24N2O2S/c1-2-9-17(11-14-5-6-14)20(18,19)12-15-7-3-13(10-16)4-8-15/h3-4,7-8,14H,2,5-6,9-12,16H2,1H3. The molecule has 0 radical (unpaired) electrons. The summed E-state index contributed by atoms with van der Waals surface area (Å²) in [6.07, 6.45) is 3.19. The molecular formula is C15H24N2O2S. The summed E-state index contributed by atoms with van der Waals surface area (Å²) in [6.45, 7) is 3.82. The maximum Gasteiger partial charge on any atom is 0.218 e. The van der Waals surface area contributed by atoms with Crippen molar-refractivity contribution in [2.24, 2.45) is 11.7 Å². The molecule has 0 unspecified atom stereocenters. The molecule has 0 saturated heterocycles. The van der Waals surface area contributed by atoms with Crippen LogP contribution in [0.2, 0.25) is 0 Å². The Kier molecular flexibility index (Phi) is 5.18. The van der Waals surface area contributed by atoms with Crippen LogP contribution in [0.5, 0.6) is 0 Å². The fraction of sp³-hybridized carbons (Fsp3) is 0.600. The quantitative estimate of drug-likeness (QED) is 0.799. The predicted octanol–water partition coefficient (Wildman–Crippen LogP) is 2.10. The summed E-state index contributed by atoms with van der Waals surface area (Å²) >= 11 is 0. The van der Waals surface area contributed by atoms with Crippen molar-refractivity contribution in [2.45, 2.75) is 38.5 Å². The Morgan fingerprint density at radius 2 is 1.80 bits per heavy atom. The van der Waals surface area contributed by atoms with Gasteiger partial charge in [-0.1, -0.05) is 31.2 Å². The van der Waals surface area contributed by atoms with E-state index in [2.05, 4.69) is 0 Å². The first-order chi connectivity index (χ1) is 9.55. The van der Waals surface area contributed by atoms with Crippen molar-refractivity contribution in [1.82, 2.24) is 4.31 Å². The zero-order chi connectivity index (χ0) is 14.6. The van der Waals surface area contributed by atoms with E-state index in [9.17, 15) is 8.42 Å². The molecular weight excluding hydrogens is 272 g/mol. The molecule has 1 aliphatic rings. The molecule has 1 aromatic carbocycles. The smallest absolute Gasteiger partial charge is 0.218 e. The second-order valence-electron chi connectivity index (χ2n) is 5.58.